The van der Waals surface area contributed by atoms with Gasteiger partial charge >= 0.3 is 0 Å². The SMILES string of the molecule is CC(=O)c1cc(C)c(O)cc1C#CC1CC1. The molecule has 1 aromatic carbocycles. The lowest BCUT2D eigenvalue weighted by atomic mass is 10.0. The molecule has 1 fully saturated rings. The van der Waals surface area contributed by atoms with Gasteiger partial charge in [0.15, 0.2) is 5.78 Å². The van der Waals surface area contributed by atoms with Crippen LogP contribution in [0.15, 0.2) is 12.1 Å². The van der Waals surface area contributed by atoms with Gasteiger partial charge in [-0.2, -0.15) is 0 Å². The van der Waals surface area contributed by atoms with Crippen molar-refractivity contribution in [2.75, 3.05) is 0 Å². The van der Waals surface area contributed by atoms with Gasteiger partial charge in [-0.1, -0.05) is 11.8 Å². The molecule has 2 heteroatoms. The van der Waals surface area contributed by atoms with Crippen LogP contribution in [0.2, 0.25) is 0 Å². The summed E-state index contributed by atoms with van der Waals surface area (Å²) >= 11 is 0. The average Bonchev–Trinajstić information content (AvgIpc) is 3.02. The van der Waals surface area contributed by atoms with E-state index in [2.05, 4.69) is 11.8 Å². The molecule has 0 aromatic heterocycles. The molecular weight excluding hydrogens is 200 g/mol. The van der Waals surface area contributed by atoms with Gasteiger partial charge in [0, 0.05) is 17.0 Å². The van der Waals surface area contributed by atoms with Gasteiger partial charge in [-0.05, 0) is 44.4 Å². The van der Waals surface area contributed by atoms with Crippen molar-refractivity contribution in [1.29, 1.82) is 0 Å². The van der Waals surface area contributed by atoms with Crippen LogP contribution in [0.3, 0.4) is 0 Å². The number of Topliss-reactive ketones (excluding diaryl/α,β-unsaturated/α-hetero) is 1. The van der Waals surface area contributed by atoms with E-state index in [4.69, 9.17) is 0 Å². The Bertz CT molecular complexity index is 499. The third-order valence-corrected chi connectivity index (χ3v) is 2.70. The van der Waals surface area contributed by atoms with Gasteiger partial charge in [0.25, 0.3) is 0 Å². The summed E-state index contributed by atoms with van der Waals surface area (Å²) in [5.41, 5.74) is 1.95. The van der Waals surface area contributed by atoms with Crippen molar-refractivity contribution in [2.45, 2.75) is 26.7 Å². The van der Waals surface area contributed by atoms with E-state index in [-0.39, 0.29) is 11.5 Å². The molecule has 0 spiro atoms. The number of hydrogen-bond donors (Lipinski definition) is 1. The van der Waals surface area contributed by atoms with Crippen LogP contribution in [-0.2, 0) is 0 Å². The number of ketones is 1. The smallest absolute Gasteiger partial charge is 0.161 e. The minimum Gasteiger partial charge on any atom is -0.508 e. The molecule has 82 valence electrons. The van der Waals surface area contributed by atoms with Crippen molar-refractivity contribution in [1.82, 2.24) is 0 Å². The highest BCUT2D eigenvalue weighted by Gasteiger charge is 2.18. The average molecular weight is 214 g/mol. The fraction of sp³-hybridized carbons (Fsp3) is 0.357. The zero-order chi connectivity index (χ0) is 11.7. The van der Waals surface area contributed by atoms with Gasteiger partial charge in [0.1, 0.15) is 5.75 Å². The van der Waals surface area contributed by atoms with Crippen LogP contribution in [-0.4, -0.2) is 10.9 Å². The summed E-state index contributed by atoms with van der Waals surface area (Å²) in [7, 11) is 0. The second kappa shape index (κ2) is 4.02. The van der Waals surface area contributed by atoms with Crippen LogP contribution < -0.4 is 0 Å². The van der Waals surface area contributed by atoms with Gasteiger partial charge in [0.2, 0.25) is 0 Å². The summed E-state index contributed by atoms with van der Waals surface area (Å²) in [5.74, 6) is 6.77. The van der Waals surface area contributed by atoms with Gasteiger partial charge in [0.05, 0.1) is 0 Å². The molecule has 0 saturated heterocycles. The molecule has 1 aliphatic rings. The number of carbonyl (C=O) groups is 1. The van der Waals surface area contributed by atoms with Gasteiger partial charge in [-0.25, -0.2) is 0 Å². The second-order valence-corrected chi connectivity index (χ2v) is 4.28. The van der Waals surface area contributed by atoms with E-state index in [1.54, 1.807) is 19.1 Å². The molecule has 0 radical (unpaired) electrons. The molecule has 0 heterocycles. The maximum atomic E-state index is 11.4. The Morgan fingerprint density at radius 1 is 1.44 bits per heavy atom. The first kappa shape index (κ1) is 10.8. The topological polar surface area (TPSA) is 37.3 Å². The highest BCUT2D eigenvalue weighted by molar-refractivity contribution is 5.97. The molecule has 2 rings (SSSR count). The van der Waals surface area contributed by atoms with E-state index in [9.17, 15) is 9.90 Å². The summed E-state index contributed by atoms with van der Waals surface area (Å²) in [6.07, 6.45) is 2.31. The van der Waals surface area contributed by atoms with Crippen molar-refractivity contribution in [3.8, 4) is 17.6 Å². The van der Waals surface area contributed by atoms with Crippen LogP contribution >= 0.6 is 0 Å². The highest BCUT2D eigenvalue weighted by Crippen LogP contribution is 2.28. The second-order valence-electron chi connectivity index (χ2n) is 4.28. The number of aromatic hydroxyl groups is 1. The number of carbonyl (C=O) groups excluding carboxylic acids is 1. The lowest BCUT2D eigenvalue weighted by Crippen LogP contribution is -1.97. The van der Waals surface area contributed by atoms with Crippen molar-refractivity contribution in [2.24, 2.45) is 5.92 Å². The predicted molar refractivity (Wildman–Crippen MR) is 62.5 cm³/mol. The molecule has 16 heavy (non-hydrogen) atoms. The third-order valence-electron chi connectivity index (χ3n) is 2.70. The van der Waals surface area contributed by atoms with Gasteiger partial charge < -0.3 is 5.11 Å². The van der Waals surface area contributed by atoms with Crippen LogP contribution in [0.5, 0.6) is 5.75 Å². The molecule has 0 aliphatic heterocycles. The standard InChI is InChI=1S/C14H14O2/c1-9-7-13(10(2)15)12(8-14(9)16)6-5-11-3-4-11/h7-8,11,16H,3-4H2,1-2H3. The van der Waals surface area contributed by atoms with Gasteiger partial charge in [-0.15, -0.1) is 0 Å². The van der Waals surface area contributed by atoms with Crippen LogP contribution in [0.1, 0.15) is 41.3 Å². The van der Waals surface area contributed by atoms with E-state index in [0.29, 0.717) is 22.6 Å². The maximum absolute atomic E-state index is 11.4. The lowest BCUT2D eigenvalue weighted by molar-refractivity contribution is 0.101. The number of phenolic OH excluding ortho intramolecular Hbond substituents is 1. The fourth-order valence-electron chi connectivity index (χ4n) is 1.50. The summed E-state index contributed by atoms with van der Waals surface area (Å²) in [6, 6.07) is 3.29. The predicted octanol–water partition coefficient (Wildman–Crippen LogP) is 2.66. The summed E-state index contributed by atoms with van der Waals surface area (Å²) in [5, 5.41) is 9.61. The Kier molecular flexibility index (Phi) is 2.70. The van der Waals surface area contributed by atoms with E-state index in [1.165, 1.54) is 6.92 Å². The van der Waals surface area contributed by atoms with E-state index in [1.807, 2.05) is 0 Å². The van der Waals surface area contributed by atoms with E-state index in [0.717, 1.165) is 12.8 Å². The molecule has 1 N–H and O–H groups in total. The molecule has 0 bridgehead atoms. The molecular formula is C14H14O2. The normalized spacial score (nSPS) is 14.1. The van der Waals surface area contributed by atoms with Crippen molar-refractivity contribution in [3.05, 3.63) is 28.8 Å². The Morgan fingerprint density at radius 3 is 2.69 bits per heavy atom. The maximum Gasteiger partial charge on any atom is 0.161 e. The molecule has 0 atom stereocenters. The molecule has 1 aromatic rings. The largest absolute Gasteiger partial charge is 0.508 e. The molecule has 0 amide bonds. The minimum atomic E-state index is -0.0109. The summed E-state index contributed by atoms with van der Waals surface area (Å²) in [4.78, 5) is 11.4. The number of benzene rings is 1. The Balaban J connectivity index is 2.45. The highest BCUT2D eigenvalue weighted by atomic mass is 16.3. The molecule has 1 aliphatic carbocycles. The minimum absolute atomic E-state index is 0.0109. The number of aryl methyl sites for hydroxylation is 1. The fourth-order valence-corrected chi connectivity index (χ4v) is 1.50. The summed E-state index contributed by atoms with van der Waals surface area (Å²) in [6.45, 7) is 3.30. The zero-order valence-electron chi connectivity index (χ0n) is 9.50. The number of phenols is 1. The molecule has 1 saturated carbocycles. The lowest BCUT2D eigenvalue weighted by Gasteiger charge is -2.04. The van der Waals surface area contributed by atoms with Crippen LogP contribution in [0.25, 0.3) is 0 Å². The number of hydrogen-bond acceptors (Lipinski definition) is 2. The first-order chi connectivity index (χ1) is 7.58. The monoisotopic (exact) mass is 214 g/mol. The Morgan fingerprint density at radius 2 is 2.12 bits per heavy atom. The van der Waals surface area contributed by atoms with Crippen molar-refractivity contribution < 1.29 is 9.90 Å². The first-order valence-electron chi connectivity index (χ1n) is 5.44. The quantitative estimate of drug-likeness (QED) is 0.576. The first-order valence-corrected chi connectivity index (χ1v) is 5.44. The summed E-state index contributed by atoms with van der Waals surface area (Å²) < 4.78 is 0. The van der Waals surface area contributed by atoms with Crippen molar-refractivity contribution >= 4 is 5.78 Å². The van der Waals surface area contributed by atoms with Gasteiger partial charge in [-0.3, -0.25) is 4.79 Å². The molecule has 0 unspecified atom stereocenters. The Labute approximate surface area is 95.3 Å². The molecule has 2 nitrogen and oxygen atoms in total. The number of rotatable bonds is 1. The van der Waals surface area contributed by atoms with Crippen LogP contribution in [0.4, 0.5) is 0 Å². The van der Waals surface area contributed by atoms with Crippen molar-refractivity contribution in [3.63, 3.8) is 0 Å². The Hall–Kier alpha value is -1.75. The van der Waals surface area contributed by atoms with Crippen LogP contribution in [0, 0.1) is 24.7 Å². The zero-order valence-corrected chi connectivity index (χ0v) is 9.50. The van der Waals surface area contributed by atoms with E-state index >= 15 is 0 Å². The third kappa shape index (κ3) is 2.25. The van der Waals surface area contributed by atoms with E-state index < -0.39 is 0 Å².